The van der Waals surface area contributed by atoms with E-state index in [1.165, 1.54) is 0 Å². The molecule has 126 valence electrons. The summed E-state index contributed by atoms with van der Waals surface area (Å²) in [5, 5.41) is 3.61. The van der Waals surface area contributed by atoms with Crippen LogP contribution in [0, 0.1) is 5.41 Å². The molecule has 0 aliphatic carbocycles. The summed E-state index contributed by atoms with van der Waals surface area (Å²) in [4.78, 5) is 2.27. The van der Waals surface area contributed by atoms with Gasteiger partial charge in [0.2, 0.25) is 0 Å². The van der Waals surface area contributed by atoms with E-state index in [9.17, 15) is 8.42 Å². The molecule has 0 aromatic rings. The zero-order chi connectivity index (χ0) is 16.3. The van der Waals surface area contributed by atoms with Crippen molar-refractivity contribution in [3.8, 4) is 0 Å². The van der Waals surface area contributed by atoms with Crippen molar-refractivity contribution in [2.24, 2.45) is 5.41 Å². The van der Waals surface area contributed by atoms with E-state index in [1.807, 2.05) is 0 Å². The lowest BCUT2D eigenvalue weighted by atomic mass is 9.83. The second-order valence-corrected chi connectivity index (χ2v) is 10.4. The van der Waals surface area contributed by atoms with Gasteiger partial charge in [0.15, 0.2) is 9.84 Å². The van der Waals surface area contributed by atoms with E-state index in [-0.39, 0.29) is 17.0 Å². The Morgan fingerprint density at radius 2 is 1.86 bits per heavy atom. The maximum Gasteiger partial charge on any atom is 0.151 e. The molecule has 1 fully saturated rings. The predicted molar refractivity (Wildman–Crippen MR) is 90.5 cm³/mol. The molecule has 0 radical (unpaired) electrons. The van der Waals surface area contributed by atoms with Crippen LogP contribution >= 0.6 is 0 Å². The van der Waals surface area contributed by atoms with Gasteiger partial charge < -0.3 is 10.2 Å². The predicted octanol–water partition coefficient (Wildman–Crippen LogP) is 2.30. The van der Waals surface area contributed by atoms with E-state index in [4.69, 9.17) is 0 Å². The third-order valence-corrected chi connectivity index (χ3v) is 6.11. The molecule has 1 aliphatic heterocycles. The Hall–Kier alpha value is -0.130. The van der Waals surface area contributed by atoms with Gasteiger partial charge in [-0.15, -0.1) is 0 Å². The Kier molecular flexibility index (Phi) is 6.28. The highest BCUT2D eigenvalue weighted by Crippen LogP contribution is 2.27. The molecule has 0 aromatic carbocycles. The molecular weight excluding hydrogens is 284 g/mol. The van der Waals surface area contributed by atoms with Crippen LogP contribution in [0.1, 0.15) is 53.9 Å². The van der Waals surface area contributed by atoms with Crippen molar-refractivity contribution in [2.45, 2.75) is 65.5 Å². The lowest BCUT2D eigenvalue weighted by Gasteiger charge is -2.38. The normalized spacial score (nSPS) is 25.2. The molecular formula is C16H34N2O2S. The zero-order valence-corrected chi connectivity index (χ0v) is 15.5. The minimum Gasteiger partial charge on any atom is -0.311 e. The van der Waals surface area contributed by atoms with Gasteiger partial charge in [0.25, 0.3) is 0 Å². The Labute approximate surface area is 131 Å². The third kappa shape index (κ3) is 6.66. The summed E-state index contributed by atoms with van der Waals surface area (Å²) in [7, 11) is -0.721. The maximum absolute atomic E-state index is 11.7. The molecule has 0 aromatic heterocycles. The molecule has 2 atom stereocenters. The summed E-state index contributed by atoms with van der Waals surface area (Å²) in [6, 6.07) is 0.195. The number of sulfone groups is 1. The van der Waals surface area contributed by atoms with Crippen molar-refractivity contribution in [3.05, 3.63) is 0 Å². The van der Waals surface area contributed by atoms with Crippen LogP contribution in [0.15, 0.2) is 0 Å². The van der Waals surface area contributed by atoms with Gasteiger partial charge in [-0.2, -0.15) is 0 Å². The van der Waals surface area contributed by atoms with E-state index in [2.05, 4.69) is 51.9 Å². The summed E-state index contributed by atoms with van der Waals surface area (Å²) in [6.45, 7) is 13.0. The summed E-state index contributed by atoms with van der Waals surface area (Å²) in [6.07, 6.45) is 3.09. The Balaban J connectivity index is 2.64. The molecule has 1 aliphatic rings. The minimum absolute atomic E-state index is 0.115. The number of nitrogens with one attached hydrogen (secondary N) is 1. The quantitative estimate of drug-likeness (QED) is 0.782. The van der Waals surface area contributed by atoms with Crippen LogP contribution in [0.4, 0.5) is 0 Å². The molecule has 1 saturated heterocycles. The van der Waals surface area contributed by atoms with E-state index in [0.717, 1.165) is 32.4 Å². The molecule has 0 saturated carbocycles. The second kappa shape index (κ2) is 6.97. The summed E-state index contributed by atoms with van der Waals surface area (Å²) in [5.74, 6) is 0.686. The summed E-state index contributed by atoms with van der Waals surface area (Å²) >= 11 is 0. The van der Waals surface area contributed by atoms with E-state index < -0.39 is 9.84 Å². The molecule has 21 heavy (non-hydrogen) atoms. The molecule has 2 unspecified atom stereocenters. The first-order valence-electron chi connectivity index (χ1n) is 8.12. The van der Waals surface area contributed by atoms with Crippen molar-refractivity contribution in [1.29, 1.82) is 0 Å². The first-order valence-corrected chi connectivity index (χ1v) is 9.94. The minimum atomic E-state index is -2.80. The number of hydrogen-bond acceptors (Lipinski definition) is 4. The van der Waals surface area contributed by atoms with Gasteiger partial charge in [-0.05, 0) is 46.1 Å². The SMILES string of the molecule is CCCC(C)(CNC(C)(C)C)CN(C)C1CCS(=O)(=O)C1. The van der Waals surface area contributed by atoms with E-state index >= 15 is 0 Å². The van der Waals surface area contributed by atoms with Gasteiger partial charge in [-0.3, -0.25) is 0 Å². The topological polar surface area (TPSA) is 49.4 Å². The third-order valence-electron chi connectivity index (χ3n) is 4.36. The molecule has 0 spiro atoms. The molecule has 1 heterocycles. The van der Waals surface area contributed by atoms with E-state index in [1.54, 1.807) is 0 Å². The molecule has 1 rings (SSSR count). The smallest absolute Gasteiger partial charge is 0.151 e. The molecule has 0 bridgehead atoms. The van der Waals surface area contributed by atoms with Crippen LogP contribution in [0.2, 0.25) is 0 Å². The average Bonchev–Trinajstić information content (AvgIpc) is 2.67. The largest absolute Gasteiger partial charge is 0.311 e. The monoisotopic (exact) mass is 318 g/mol. The number of rotatable bonds is 7. The van der Waals surface area contributed by atoms with Gasteiger partial charge in [0.05, 0.1) is 11.5 Å². The van der Waals surface area contributed by atoms with Crippen LogP contribution < -0.4 is 5.32 Å². The first-order chi connectivity index (χ1) is 9.46. The Morgan fingerprint density at radius 3 is 2.29 bits per heavy atom. The van der Waals surface area contributed by atoms with Gasteiger partial charge in [0.1, 0.15) is 0 Å². The fourth-order valence-corrected chi connectivity index (χ4v) is 4.96. The van der Waals surface area contributed by atoms with Gasteiger partial charge >= 0.3 is 0 Å². The summed E-state index contributed by atoms with van der Waals surface area (Å²) in [5.41, 5.74) is 0.299. The lowest BCUT2D eigenvalue weighted by molar-refractivity contribution is 0.136. The summed E-state index contributed by atoms with van der Waals surface area (Å²) < 4.78 is 23.3. The average molecular weight is 319 g/mol. The highest BCUT2D eigenvalue weighted by atomic mass is 32.2. The van der Waals surface area contributed by atoms with E-state index in [0.29, 0.717) is 11.5 Å². The van der Waals surface area contributed by atoms with Crippen molar-refractivity contribution in [2.75, 3.05) is 31.6 Å². The van der Waals surface area contributed by atoms with Crippen LogP contribution in [0.5, 0.6) is 0 Å². The Bertz CT molecular complexity index is 428. The molecule has 0 amide bonds. The van der Waals surface area contributed by atoms with Gasteiger partial charge in [0, 0.05) is 24.7 Å². The van der Waals surface area contributed by atoms with Crippen molar-refractivity contribution in [1.82, 2.24) is 10.2 Å². The fourth-order valence-electron chi connectivity index (χ4n) is 3.16. The lowest BCUT2D eigenvalue weighted by Crippen LogP contribution is -2.48. The maximum atomic E-state index is 11.7. The fraction of sp³-hybridized carbons (Fsp3) is 1.00. The van der Waals surface area contributed by atoms with Crippen LogP contribution in [-0.2, 0) is 9.84 Å². The van der Waals surface area contributed by atoms with Crippen LogP contribution in [0.25, 0.3) is 0 Å². The Morgan fingerprint density at radius 1 is 1.24 bits per heavy atom. The molecule has 5 heteroatoms. The highest BCUT2D eigenvalue weighted by Gasteiger charge is 2.34. The first kappa shape index (κ1) is 18.9. The van der Waals surface area contributed by atoms with Gasteiger partial charge in [-0.1, -0.05) is 20.3 Å². The van der Waals surface area contributed by atoms with Crippen LogP contribution in [-0.4, -0.2) is 56.5 Å². The highest BCUT2D eigenvalue weighted by molar-refractivity contribution is 7.91. The molecule has 4 nitrogen and oxygen atoms in total. The van der Waals surface area contributed by atoms with Crippen molar-refractivity contribution in [3.63, 3.8) is 0 Å². The standard InChI is InChI=1S/C16H34N2O2S/c1-7-9-16(5,12-17-15(2,3)4)13-18(6)14-8-10-21(19,20)11-14/h14,17H,7-13H2,1-6H3. The number of hydrogen-bond donors (Lipinski definition) is 1. The second-order valence-electron chi connectivity index (χ2n) is 8.14. The zero-order valence-electron chi connectivity index (χ0n) is 14.7. The molecule has 1 N–H and O–H groups in total. The van der Waals surface area contributed by atoms with Crippen molar-refractivity contribution >= 4 is 9.84 Å². The van der Waals surface area contributed by atoms with Gasteiger partial charge in [-0.25, -0.2) is 8.42 Å². The van der Waals surface area contributed by atoms with Crippen LogP contribution in [0.3, 0.4) is 0 Å². The van der Waals surface area contributed by atoms with Crippen molar-refractivity contribution < 1.29 is 8.42 Å². The number of nitrogens with zero attached hydrogens (tertiary/aromatic N) is 1.